The first-order chi connectivity index (χ1) is 8.65. The van der Waals surface area contributed by atoms with Gasteiger partial charge >= 0.3 is 5.97 Å². The van der Waals surface area contributed by atoms with E-state index in [1.165, 1.54) is 0 Å². The molecule has 1 aromatic rings. The fraction of sp³-hybridized carbons (Fsp3) is 0.429. The Morgan fingerprint density at radius 3 is 2.83 bits per heavy atom. The van der Waals surface area contributed by atoms with Crippen LogP contribution in [0.1, 0.15) is 36.8 Å². The van der Waals surface area contributed by atoms with Crippen molar-refractivity contribution in [2.45, 2.75) is 32.6 Å². The van der Waals surface area contributed by atoms with Gasteiger partial charge in [0.2, 0.25) is 0 Å². The Labute approximate surface area is 107 Å². The molecule has 0 saturated carbocycles. The summed E-state index contributed by atoms with van der Waals surface area (Å²) in [5, 5.41) is 20.8. The third-order valence-corrected chi connectivity index (χ3v) is 2.77. The number of aliphatic carboxylic acids is 1. The molecule has 0 radical (unpaired) electrons. The monoisotopic (exact) mass is 246 g/mol. The number of hydrogen-bond donors (Lipinski definition) is 2. The molecular formula is C14H18N2O2. The molecule has 0 aliphatic heterocycles. The van der Waals surface area contributed by atoms with Crippen molar-refractivity contribution in [2.75, 3.05) is 11.9 Å². The largest absolute Gasteiger partial charge is 0.481 e. The predicted octanol–water partition coefficient (Wildman–Crippen LogP) is 2.92. The molecule has 0 aliphatic carbocycles. The Bertz CT molecular complexity index is 450. The minimum Gasteiger partial charge on any atom is -0.481 e. The van der Waals surface area contributed by atoms with Gasteiger partial charge in [0, 0.05) is 13.0 Å². The second-order valence-electron chi connectivity index (χ2n) is 4.24. The van der Waals surface area contributed by atoms with Gasteiger partial charge in [0.1, 0.15) is 6.07 Å². The summed E-state index contributed by atoms with van der Waals surface area (Å²) in [6.45, 7) is 2.67. The van der Waals surface area contributed by atoms with E-state index in [2.05, 4.69) is 11.4 Å². The van der Waals surface area contributed by atoms with Gasteiger partial charge in [-0.15, -0.1) is 0 Å². The van der Waals surface area contributed by atoms with Gasteiger partial charge in [-0.3, -0.25) is 4.79 Å². The van der Waals surface area contributed by atoms with Crippen LogP contribution in [0, 0.1) is 18.3 Å². The number of nitrogens with one attached hydrogen (secondary N) is 1. The first-order valence-electron chi connectivity index (χ1n) is 6.10. The normalized spacial score (nSPS) is 9.78. The SMILES string of the molecule is Cc1cccc(NCCCCCC(=O)O)c1C#N. The van der Waals surface area contributed by atoms with E-state index in [0.29, 0.717) is 12.0 Å². The maximum absolute atomic E-state index is 10.3. The topological polar surface area (TPSA) is 73.1 Å². The highest BCUT2D eigenvalue weighted by molar-refractivity contribution is 5.66. The van der Waals surface area contributed by atoms with Crippen LogP contribution in [-0.4, -0.2) is 17.6 Å². The number of carboxylic acids is 1. The van der Waals surface area contributed by atoms with Crippen molar-refractivity contribution in [3.05, 3.63) is 29.3 Å². The van der Waals surface area contributed by atoms with Crippen LogP contribution < -0.4 is 5.32 Å². The van der Waals surface area contributed by atoms with E-state index in [1.54, 1.807) is 0 Å². The van der Waals surface area contributed by atoms with Gasteiger partial charge in [0.15, 0.2) is 0 Å². The summed E-state index contributed by atoms with van der Waals surface area (Å²) in [4.78, 5) is 10.3. The Morgan fingerprint density at radius 1 is 1.39 bits per heavy atom. The molecule has 0 atom stereocenters. The van der Waals surface area contributed by atoms with Gasteiger partial charge < -0.3 is 10.4 Å². The Balaban J connectivity index is 2.34. The maximum Gasteiger partial charge on any atom is 0.303 e. The van der Waals surface area contributed by atoms with Crippen molar-refractivity contribution < 1.29 is 9.90 Å². The standard InChI is InChI=1S/C14H18N2O2/c1-11-6-5-7-13(12(11)10-15)16-9-4-2-3-8-14(17)18/h5-7,16H,2-4,8-9H2,1H3,(H,17,18). The number of unbranched alkanes of at least 4 members (excludes halogenated alkanes) is 2. The van der Waals surface area contributed by atoms with Gasteiger partial charge in [-0.2, -0.15) is 5.26 Å². The first kappa shape index (κ1) is 14.0. The lowest BCUT2D eigenvalue weighted by Gasteiger charge is -2.09. The number of nitriles is 1. The molecule has 96 valence electrons. The molecule has 0 fully saturated rings. The molecule has 0 aliphatic rings. The number of aryl methyl sites for hydroxylation is 1. The first-order valence-corrected chi connectivity index (χ1v) is 6.10. The molecule has 4 nitrogen and oxygen atoms in total. The van der Waals surface area contributed by atoms with Crippen LogP contribution in [0.5, 0.6) is 0 Å². The fourth-order valence-corrected chi connectivity index (χ4v) is 1.76. The highest BCUT2D eigenvalue weighted by Gasteiger charge is 2.03. The number of anilines is 1. The average molecular weight is 246 g/mol. The average Bonchev–Trinajstić information content (AvgIpc) is 2.33. The van der Waals surface area contributed by atoms with Crippen molar-refractivity contribution in [1.29, 1.82) is 5.26 Å². The summed E-state index contributed by atoms with van der Waals surface area (Å²) >= 11 is 0. The van der Waals surface area contributed by atoms with Crippen LogP contribution in [-0.2, 0) is 4.79 Å². The van der Waals surface area contributed by atoms with E-state index < -0.39 is 5.97 Å². The molecule has 1 rings (SSSR count). The van der Waals surface area contributed by atoms with Crippen molar-refractivity contribution >= 4 is 11.7 Å². The second-order valence-corrected chi connectivity index (χ2v) is 4.24. The molecule has 0 unspecified atom stereocenters. The predicted molar refractivity (Wildman–Crippen MR) is 70.5 cm³/mol. The van der Waals surface area contributed by atoms with Gasteiger partial charge in [-0.1, -0.05) is 18.6 Å². The minimum atomic E-state index is -0.742. The molecule has 4 heteroatoms. The molecule has 0 amide bonds. The number of carbonyl (C=O) groups is 1. The molecule has 0 aromatic heterocycles. The number of hydrogen-bond acceptors (Lipinski definition) is 3. The number of nitrogens with zero attached hydrogens (tertiary/aromatic N) is 1. The molecule has 0 spiro atoms. The van der Waals surface area contributed by atoms with E-state index in [1.807, 2.05) is 25.1 Å². The summed E-state index contributed by atoms with van der Waals surface area (Å²) in [7, 11) is 0. The van der Waals surface area contributed by atoms with Crippen LogP contribution in [0.2, 0.25) is 0 Å². The third kappa shape index (κ3) is 4.46. The lowest BCUT2D eigenvalue weighted by Crippen LogP contribution is -2.04. The van der Waals surface area contributed by atoms with E-state index >= 15 is 0 Å². The molecule has 1 aromatic carbocycles. The van der Waals surface area contributed by atoms with E-state index in [0.717, 1.165) is 30.6 Å². The lowest BCUT2D eigenvalue weighted by atomic mass is 10.1. The summed E-state index contributed by atoms with van der Waals surface area (Å²) < 4.78 is 0. The summed E-state index contributed by atoms with van der Waals surface area (Å²) in [5.41, 5.74) is 2.51. The Morgan fingerprint density at radius 2 is 2.17 bits per heavy atom. The van der Waals surface area contributed by atoms with E-state index in [9.17, 15) is 4.79 Å². The van der Waals surface area contributed by atoms with Gasteiger partial charge in [0.25, 0.3) is 0 Å². The van der Waals surface area contributed by atoms with Crippen LogP contribution in [0.3, 0.4) is 0 Å². The van der Waals surface area contributed by atoms with Crippen molar-refractivity contribution in [1.82, 2.24) is 0 Å². The molecule has 0 bridgehead atoms. The molecule has 18 heavy (non-hydrogen) atoms. The molecule has 0 saturated heterocycles. The van der Waals surface area contributed by atoms with Crippen LogP contribution in [0.4, 0.5) is 5.69 Å². The molecular weight excluding hydrogens is 228 g/mol. The quantitative estimate of drug-likeness (QED) is 0.725. The van der Waals surface area contributed by atoms with Crippen LogP contribution in [0.25, 0.3) is 0 Å². The van der Waals surface area contributed by atoms with Gasteiger partial charge in [-0.25, -0.2) is 0 Å². The van der Waals surface area contributed by atoms with Crippen molar-refractivity contribution in [3.8, 4) is 6.07 Å². The van der Waals surface area contributed by atoms with E-state index in [-0.39, 0.29) is 6.42 Å². The zero-order valence-electron chi connectivity index (χ0n) is 10.6. The molecule has 0 heterocycles. The van der Waals surface area contributed by atoms with Crippen molar-refractivity contribution in [2.24, 2.45) is 0 Å². The Kier molecular flexibility index (Phi) is 5.72. The highest BCUT2D eigenvalue weighted by Crippen LogP contribution is 2.18. The van der Waals surface area contributed by atoms with Crippen LogP contribution >= 0.6 is 0 Å². The van der Waals surface area contributed by atoms with Gasteiger partial charge in [0.05, 0.1) is 11.3 Å². The minimum absolute atomic E-state index is 0.230. The van der Waals surface area contributed by atoms with Crippen molar-refractivity contribution in [3.63, 3.8) is 0 Å². The zero-order valence-corrected chi connectivity index (χ0v) is 10.6. The van der Waals surface area contributed by atoms with Gasteiger partial charge in [-0.05, 0) is 31.4 Å². The number of carboxylic acid groups (broad SMARTS) is 1. The summed E-state index contributed by atoms with van der Waals surface area (Å²) in [6.07, 6.45) is 2.73. The third-order valence-electron chi connectivity index (χ3n) is 2.77. The summed E-state index contributed by atoms with van der Waals surface area (Å²) in [5.74, 6) is -0.742. The number of benzene rings is 1. The maximum atomic E-state index is 10.3. The highest BCUT2D eigenvalue weighted by atomic mass is 16.4. The fourth-order valence-electron chi connectivity index (χ4n) is 1.76. The van der Waals surface area contributed by atoms with E-state index in [4.69, 9.17) is 10.4 Å². The summed E-state index contributed by atoms with van der Waals surface area (Å²) in [6, 6.07) is 7.92. The number of rotatable bonds is 7. The zero-order chi connectivity index (χ0) is 13.4. The molecule has 2 N–H and O–H groups in total. The Hall–Kier alpha value is -2.02. The van der Waals surface area contributed by atoms with Crippen LogP contribution in [0.15, 0.2) is 18.2 Å². The second kappa shape index (κ2) is 7.33. The smallest absolute Gasteiger partial charge is 0.303 e. The lowest BCUT2D eigenvalue weighted by molar-refractivity contribution is -0.137.